The Labute approximate surface area is 373 Å². The second-order valence-corrected chi connectivity index (χ2v) is 19.1. The Kier molecular flexibility index (Phi) is 30.6. The van der Waals surface area contributed by atoms with Crippen molar-refractivity contribution in [2.75, 3.05) is 39.4 Å². The number of hydrogen-bond acceptors (Lipinski definition) is 12. The van der Waals surface area contributed by atoms with Crippen LogP contribution >= 0.6 is 0 Å². The van der Waals surface area contributed by atoms with E-state index in [1.165, 1.54) is 37.0 Å². The van der Waals surface area contributed by atoms with Gasteiger partial charge in [-0.05, 0) is 88.5 Å². The van der Waals surface area contributed by atoms with Crippen molar-refractivity contribution in [1.29, 1.82) is 0 Å². The summed E-state index contributed by atoms with van der Waals surface area (Å²) in [7, 11) is 0. The number of nitrogens with one attached hydrogen (secondary N) is 6. The molecule has 0 amide bonds. The highest BCUT2D eigenvalue weighted by atomic mass is 16.5. The number of aliphatic hydroxyl groups excluding tert-OH is 1. The first-order valence-corrected chi connectivity index (χ1v) is 23.6. The lowest BCUT2D eigenvalue weighted by Gasteiger charge is -2.37. The van der Waals surface area contributed by atoms with Crippen molar-refractivity contribution in [2.24, 2.45) is 15.9 Å². The molecule has 1 saturated heterocycles. The molecule has 61 heavy (non-hydrogen) atoms. The molecule has 2 saturated carbocycles. The van der Waals surface area contributed by atoms with Gasteiger partial charge in [0, 0.05) is 86.1 Å². The number of amidine groups is 1. The van der Waals surface area contributed by atoms with Crippen LogP contribution in [0.1, 0.15) is 141 Å². The highest BCUT2D eigenvalue weighted by Gasteiger charge is 2.33. The average molecular weight is 856 g/mol. The van der Waals surface area contributed by atoms with E-state index in [1.807, 2.05) is 24.4 Å². The molecule has 0 bridgehead atoms. The van der Waals surface area contributed by atoms with E-state index < -0.39 is 0 Å². The van der Waals surface area contributed by atoms with Crippen molar-refractivity contribution in [3.05, 3.63) is 54.4 Å². The van der Waals surface area contributed by atoms with Crippen molar-refractivity contribution in [3.63, 3.8) is 0 Å². The maximum atomic E-state index is 9.60. The number of ether oxygens (including phenoxy) is 1. The van der Waals surface area contributed by atoms with Crippen LogP contribution in [0.2, 0.25) is 0 Å². The first-order chi connectivity index (χ1) is 28.8. The van der Waals surface area contributed by atoms with E-state index in [0.717, 1.165) is 76.4 Å². The molecule has 12 nitrogen and oxygen atoms in total. The number of aromatic nitrogens is 1. The fourth-order valence-corrected chi connectivity index (χ4v) is 6.80. The molecule has 0 aromatic carbocycles. The Balaban J connectivity index is 0.000000366. The highest BCUT2D eigenvalue weighted by molar-refractivity contribution is 5.98. The minimum Gasteiger partial charge on any atom is -0.391 e. The normalized spacial score (nSPS) is 22.2. The van der Waals surface area contributed by atoms with E-state index in [-0.39, 0.29) is 11.7 Å². The first-order valence-electron chi connectivity index (χ1n) is 23.6. The van der Waals surface area contributed by atoms with E-state index in [2.05, 4.69) is 155 Å². The van der Waals surface area contributed by atoms with Gasteiger partial charge in [0.15, 0.2) is 0 Å². The van der Waals surface area contributed by atoms with E-state index in [1.54, 1.807) is 6.20 Å². The summed E-state index contributed by atoms with van der Waals surface area (Å²) in [6.07, 6.45) is 19.8. The molecule has 1 aromatic heterocycles. The van der Waals surface area contributed by atoms with Crippen molar-refractivity contribution in [2.45, 2.75) is 202 Å². The van der Waals surface area contributed by atoms with Crippen LogP contribution in [0.5, 0.6) is 0 Å². The van der Waals surface area contributed by atoms with Crippen LogP contribution in [0.3, 0.4) is 0 Å². The Morgan fingerprint density at radius 1 is 0.721 bits per heavy atom. The molecular weight excluding hydrogens is 763 g/mol. The zero-order chi connectivity index (χ0) is 45.6. The predicted molar refractivity (Wildman–Crippen MR) is 261 cm³/mol. The monoisotopic (exact) mass is 856 g/mol. The van der Waals surface area contributed by atoms with Crippen molar-refractivity contribution >= 4 is 11.5 Å². The molecule has 8 N–H and O–H groups in total. The SMILES string of the molecule is CC(C)NC1=NCC=C1.CC(C)NC1COCC(O)C1.CC(C)NCC1(O)CCC1.CC(C)NCC1=NCC=C1.CC(C)NCc1cccnc1.CC1CCC(NC(C)C)C1. The van der Waals surface area contributed by atoms with E-state index in [0.29, 0.717) is 48.9 Å². The molecule has 0 radical (unpaired) electrons. The number of aliphatic imine (C=N–C) groups is 2. The molecule has 3 fully saturated rings. The molecule has 3 aliphatic heterocycles. The fourth-order valence-electron chi connectivity index (χ4n) is 6.80. The van der Waals surface area contributed by atoms with Gasteiger partial charge in [-0.2, -0.15) is 0 Å². The molecular formula is C49H93N9O3. The Morgan fingerprint density at radius 2 is 1.34 bits per heavy atom. The molecule has 6 rings (SSSR count). The molecule has 5 aliphatic rings. The molecule has 4 unspecified atom stereocenters. The average Bonchev–Trinajstić information content (AvgIpc) is 3.97. The van der Waals surface area contributed by atoms with Crippen LogP contribution in [0.25, 0.3) is 0 Å². The molecule has 0 spiro atoms. The smallest absolute Gasteiger partial charge is 0.121 e. The van der Waals surface area contributed by atoms with E-state index in [4.69, 9.17) is 4.74 Å². The number of nitrogens with zero attached hydrogens (tertiary/aromatic N) is 3. The fraction of sp³-hybridized carbons (Fsp3) is 0.776. The summed E-state index contributed by atoms with van der Waals surface area (Å²) >= 11 is 0. The maximum Gasteiger partial charge on any atom is 0.121 e. The van der Waals surface area contributed by atoms with Gasteiger partial charge in [0.25, 0.3) is 0 Å². The van der Waals surface area contributed by atoms with Gasteiger partial charge in [-0.15, -0.1) is 0 Å². The van der Waals surface area contributed by atoms with Crippen LogP contribution in [-0.4, -0.2) is 126 Å². The maximum absolute atomic E-state index is 9.60. The zero-order valence-electron chi connectivity index (χ0n) is 40.9. The van der Waals surface area contributed by atoms with Gasteiger partial charge in [-0.25, -0.2) is 0 Å². The van der Waals surface area contributed by atoms with Gasteiger partial charge in [0.05, 0.1) is 38.0 Å². The molecule has 2 aliphatic carbocycles. The number of aliphatic hydroxyl groups is 2. The van der Waals surface area contributed by atoms with Crippen LogP contribution in [0.4, 0.5) is 0 Å². The summed E-state index contributed by atoms with van der Waals surface area (Å²) in [5.74, 6) is 1.97. The Morgan fingerprint density at radius 3 is 1.80 bits per heavy atom. The van der Waals surface area contributed by atoms with Crippen molar-refractivity contribution < 1.29 is 14.9 Å². The van der Waals surface area contributed by atoms with Gasteiger partial charge in [0.1, 0.15) is 5.84 Å². The summed E-state index contributed by atoms with van der Waals surface area (Å²) in [5.41, 5.74) is 2.06. The minimum absolute atomic E-state index is 0.278. The van der Waals surface area contributed by atoms with Gasteiger partial charge < -0.3 is 46.9 Å². The van der Waals surface area contributed by atoms with Gasteiger partial charge in [-0.1, -0.05) is 94.4 Å². The lowest BCUT2D eigenvalue weighted by molar-refractivity contribution is -0.0325. The minimum atomic E-state index is -0.357. The number of pyridine rings is 1. The quantitative estimate of drug-likeness (QED) is 0.101. The van der Waals surface area contributed by atoms with Crippen molar-refractivity contribution in [1.82, 2.24) is 36.9 Å². The van der Waals surface area contributed by atoms with E-state index >= 15 is 0 Å². The summed E-state index contributed by atoms with van der Waals surface area (Å²) < 4.78 is 5.18. The Bertz CT molecular complexity index is 1340. The second kappa shape index (κ2) is 33.0. The van der Waals surface area contributed by atoms with Crippen molar-refractivity contribution in [3.8, 4) is 0 Å². The molecule has 1 aromatic rings. The number of rotatable bonds is 14. The number of hydrogen-bond donors (Lipinski definition) is 8. The van der Waals surface area contributed by atoms with Crippen LogP contribution in [-0.2, 0) is 11.3 Å². The van der Waals surface area contributed by atoms with Crippen LogP contribution in [0, 0.1) is 5.92 Å². The van der Waals surface area contributed by atoms with Crippen LogP contribution < -0.4 is 31.9 Å². The lowest BCUT2D eigenvalue weighted by atomic mass is 9.80. The predicted octanol–water partition coefficient (Wildman–Crippen LogP) is 6.73. The lowest BCUT2D eigenvalue weighted by Crippen LogP contribution is -2.47. The highest BCUT2D eigenvalue weighted by Crippen LogP contribution is 2.30. The second-order valence-electron chi connectivity index (χ2n) is 19.1. The molecule has 12 heteroatoms. The van der Waals surface area contributed by atoms with Gasteiger partial charge in [-0.3, -0.25) is 15.0 Å². The molecule has 352 valence electrons. The standard InChI is InChI=1S/C9H14N2.C9H19N.C8H14N2.C8H17NO2.C8H17NO.C7H12N2/c1-8(2)11-7-9-4-3-5-10-6-9;1-7(2)10-9-5-4-8(3)6-9;1-7(2)10-6-8-4-3-5-9-8;1-6(2)9-7-3-8(10)5-11-4-7;1-7(2)9-6-8(10)4-3-5-8;1-6(2)9-7-4-3-5-8-7/h3-6,8,11H,7H2,1-2H3;7-10H,4-6H2,1-3H3;3-4,7,10H,5-6H2,1-2H3;6-10H,3-5H2,1-2H3;7,9-10H,3-6H2,1-2H3;3-4,6H,5H2,1-2H3,(H,8,9). The third kappa shape index (κ3) is 31.9. The third-order valence-electron chi connectivity index (χ3n) is 10.1. The summed E-state index contributed by atoms with van der Waals surface area (Å²) in [4.78, 5) is 12.4. The summed E-state index contributed by atoms with van der Waals surface area (Å²) in [5, 5.41) is 38.8. The summed E-state index contributed by atoms with van der Waals surface area (Å²) in [6, 6.07) is 8.38. The van der Waals surface area contributed by atoms with Crippen LogP contribution in [0.15, 0.2) is 58.8 Å². The third-order valence-corrected chi connectivity index (χ3v) is 10.1. The summed E-state index contributed by atoms with van der Waals surface area (Å²) in [6.45, 7) is 33.5. The molecule has 4 heterocycles. The van der Waals surface area contributed by atoms with E-state index in [9.17, 15) is 10.2 Å². The molecule has 4 atom stereocenters. The topological polar surface area (TPSA) is 159 Å². The van der Waals surface area contributed by atoms with Gasteiger partial charge >= 0.3 is 0 Å². The Hall–Kier alpha value is -2.55. The largest absolute Gasteiger partial charge is 0.391 e. The zero-order valence-corrected chi connectivity index (χ0v) is 40.9. The first kappa shape index (κ1) is 56.5. The van der Waals surface area contributed by atoms with Gasteiger partial charge in [0.2, 0.25) is 0 Å².